The summed E-state index contributed by atoms with van der Waals surface area (Å²) in [6, 6.07) is 0. The first-order valence-electron chi connectivity index (χ1n) is 5.85. The minimum Gasteiger partial charge on any atom is -0.147 e. The topological polar surface area (TPSA) is 0 Å². The van der Waals surface area contributed by atoms with Crippen LogP contribution in [-0.4, -0.2) is 0 Å². The molecule has 17 heavy (non-hydrogen) atoms. The van der Waals surface area contributed by atoms with Gasteiger partial charge in [-0.2, -0.15) is 0 Å². The molecule has 0 saturated carbocycles. The molecule has 0 saturated heterocycles. The van der Waals surface area contributed by atoms with Crippen molar-refractivity contribution in [2.75, 3.05) is 0 Å². The van der Waals surface area contributed by atoms with Gasteiger partial charge in [-0.1, -0.05) is 0 Å². The van der Waals surface area contributed by atoms with Gasteiger partial charge in [0.25, 0.3) is 0 Å². The molecular formula is C14H20Cl2Zr. The fraction of sp³-hybridized carbons (Fsp3) is 0.429. The second kappa shape index (κ2) is 8.51. The van der Waals surface area contributed by atoms with E-state index in [9.17, 15) is 0 Å². The normalized spacial score (nSPS) is 24.8. The molecule has 94 valence electrons. The Labute approximate surface area is 129 Å². The maximum atomic E-state index is 2.43. The van der Waals surface area contributed by atoms with Gasteiger partial charge in [0.1, 0.15) is 0 Å². The molecule has 3 heteroatoms. The molecule has 2 rings (SSSR count). The standard InChI is InChI=1S/2C7H9.2ClH.Zr/c2*1-2-7-5-3-4-6-7;;;/h2*3-6H,2H2,1H3;2*1H;. The van der Waals surface area contributed by atoms with Crippen LogP contribution in [-0.2, 0) is 23.2 Å². The van der Waals surface area contributed by atoms with Crippen molar-refractivity contribution in [2.45, 2.75) is 33.9 Å². The van der Waals surface area contributed by atoms with Crippen molar-refractivity contribution in [3.05, 3.63) is 47.6 Å². The van der Waals surface area contributed by atoms with E-state index in [1.54, 1.807) is 11.1 Å². The first kappa shape index (κ1) is 17.4. The number of halogens is 2. The molecule has 2 aliphatic carbocycles. The molecule has 0 bridgehead atoms. The number of hydrogen-bond donors (Lipinski definition) is 0. The van der Waals surface area contributed by atoms with Crippen LogP contribution in [0, 0.1) is 0 Å². The smallest absolute Gasteiger partial charge is 0.147 e. The maximum absolute atomic E-state index is 2.43. The van der Waals surface area contributed by atoms with Gasteiger partial charge in [0.15, 0.2) is 0 Å². The Morgan fingerprint density at radius 3 is 1.65 bits per heavy atom. The van der Waals surface area contributed by atoms with E-state index in [2.05, 4.69) is 50.3 Å². The third-order valence-electron chi connectivity index (χ3n) is 3.20. The largest absolute Gasteiger partial charge is 0.147 e. The first-order chi connectivity index (χ1) is 7.35. The SMILES string of the molecule is CCC1=CC=C[CH]1[Zr][CH]1C=CC=C1CC.Cl.Cl. The predicted octanol–water partition coefficient (Wildman–Crippen LogP) is 5.30. The van der Waals surface area contributed by atoms with Crippen LogP contribution < -0.4 is 0 Å². The predicted molar refractivity (Wildman–Crippen MR) is 77.0 cm³/mol. The summed E-state index contributed by atoms with van der Waals surface area (Å²) in [5.41, 5.74) is 3.36. The van der Waals surface area contributed by atoms with Crippen LogP contribution in [0.1, 0.15) is 26.7 Å². The maximum Gasteiger partial charge on any atom is -0.147 e. The average molecular weight is 350 g/mol. The van der Waals surface area contributed by atoms with Crippen LogP contribution in [0.3, 0.4) is 0 Å². The van der Waals surface area contributed by atoms with Crippen molar-refractivity contribution >= 4 is 24.8 Å². The molecule has 0 fully saturated rings. The Balaban J connectivity index is 0.00000128. The quantitative estimate of drug-likeness (QED) is 0.645. The van der Waals surface area contributed by atoms with Gasteiger partial charge in [-0.25, -0.2) is 0 Å². The summed E-state index contributed by atoms with van der Waals surface area (Å²) in [5, 5.41) is 0. The summed E-state index contributed by atoms with van der Waals surface area (Å²) >= 11 is -0.361. The van der Waals surface area contributed by atoms with Crippen LogP contribution in [0.5, 0.6) is 0 Å². The molecule has 2 unspecified atom stereocenters. The zero-order chi connectivity index (χ0) is 10.7. The minimum atomic E-state index is -0.361. The second-order valence-corrected chi connectivity index (χ2v) is 7.96. The third-order valence-corrected chi connectivity index (χ3v) is 7.74. The Morgan fingerprint density at radius 2 is 1.29 bits per heavy atom. The van der Waals surface area contributed by atoms with E-state index >= 15 is 0 Å². The van der Waals surface area contributed by atoms with Gasteiger partial charge in [0.05, 0.1) is 0 Å². The van der Waals surface area contributed by atoms with E-state index in [4.69, 9.17) is 0 Å². The van der Waals surface area contributed by atoms with Gasteiger partial charge in [-0.15, -0.1) is 24.8 Å². The Morgan fingerprint density at radius 1 is 0.882 bits per heavy atom. The summed E-state index contributed by atoms with van der Waals surface area (Å²) in [4.78, 5) is 0. The summed E-state index contributed by atoms with van der Waals surface area (Å²) in [6.07, 6.45) is 16.5. The van der Waals surface area contributed by atoms with Gasteiger partial charge in [0.2, 0.25) is 0 Å². The van der Waals surface area contributed by atoms with Crippen LogP contribution in [0.2, 0.25) is 7.25 Å². The van der Waals surface area contributed by atoms with Gasteiger partial charge >= 0.3 is 105 Å². The molecule has 0 spiro atoms. The Bertz CT molecular complexity index is 319. The minimum absolute atomic E-state index is 0. The van der Waals surface area contributed by atoms with Crippen molar-refractivity contribution in [1.29, 1.82) is 0 Å². The first-order valence-corrected chi connectivity index (χ1v) is 8.69. The van der Waals surface area contributed by atoms with E-state index in [0.29, 0.717) is 0 Å². The summed E-state index contributed by atoms with van der Waals surface area (Å²) in [6.45, 7) is 4.57. The van der Waals surface area contributed by atoms with E-state index in [-0.39, 0.29) is 48.0 Å². The van der Waals surface area contributed by atoms with Gasteiger partial charge in [-0.05, 0) is 0 Å². The third kappa shape index (κ3) is 4.23. The number of rotatable bonds is 4. The van der Waals surface area contributed by atoms with Gasteiger partial charge < -0.3 is 0 Å². The summed E-state index contributed by atoms with van der Waals surface area (Å²) in [5.74, 6) is 0. The number of hydrogen-bond acceptors (Lipinski definition) is 0. The monoisotopic (exact) mass is 348 g/mol. The molecule has 0 N–H and O–H groups in total. The molecule has 0 aromatic heterocycles. The van der Waals surface area contributed by atoms with E-state index in [1.807, 2.05) is 0 Å². The molecule has 0 amide bonds. The van der Waals surface area contributed by atoms with Crippen molar-refractivity contribution in [2.24, 2.45) is 0 Å². The Hall–Kier alpha value is 0.423. The van der Waals surface area contributed by atoms with Gasteiger partial charge in [-0.3, -0.25) is 0 Å². The van der Waals surface area contributed by atoms with Crippen molar-refractivity contribution in [3.8, 4) is 0 Å². The van der Waals surface area contributed by atoms with Crippen LogP contribution in [0.25, 0.3) is 0 Å². The fourth-order valence-corrected chi connectivity index (χ4v) is 6.80. The number of allylic oxidation sites excluding steroid dienone is 8. The van der Waals surface area contributed by atoms with Crippen LogP contribution >= 0.6 is 24.8 Å². The van der Waals surface area contributed by atoms with E-state index in [1.165, 1.54) is 12.8 Å². The zero-order valence-electron chi connectivity index (χ0n) is 10.3. The Kier molecular flexibility index (Phi) is 8.72. The van der Waals surface area contributed by atoms with Crippen molar-refractivity contribution in [3.63, 3.8) is 0 Å². The summed E-state index contributed by atoms with van der Waals surface area (Å²) < 4.78 is 1.72. The second-order valence-electron chi connectivity index (χ2n) is 4.08. The van der Waals surface area contributed by atoms with E-state index in [0.717, 1.165) is 7.25 Å². The van der Waals surface area contributed by atoms with Crippen molar-refractivity contribution < 1.29 is 23.2 Å². The van der Waals surface area contributed by atoms with Crippen molar-refractivity contribution in [1.82, 2.24) is 0 Å². The molecule has 0 nitrogen and oxygen atoms in total. The van der Waals surface area contributed by atoms with E-state index < -0.39 is 0 Å². The molecule has 0 radical (unpaired) electrons. The molecule has 0 aromatic carbocycles. The van der Waals surface area contributed by atoms with Gasteiger partial charge in [0, 0.05) is 0 Å². The average Bonchev–Trinajstić information content (AvgIpc) is 2.87. The molecular weight excluding hydrogens is 330 g/mol. The fourth-order valence-electron chi connectivity index (χ4n) is 2.23. The summed E-state index contributed by atoms with van der Waals surface area (Å²) in [7, 11) is 0. The molecule has 2 aliphatic rings. The molecule has 0 heterocycles. The molecule has 0 aromatic rings. The molecule has 2 atom stereocenters. The zero-order valence-corrected chi connectivity index (χ0v) is 14.4. The van der Waals surface area contributed by atoms with Crippen LogP contribution in [0.15, 0.2) is 47.6 Å². The van der Waals surface area contributed by atoms with Crippen LogP contribution in [0.4, 0.5) is 0 Å². The molecule has 0 aliphatic heterocycles.